The van der Waals surface area contributed by atoms with E-state index >= 15 is 0 Å². The van der Waals surface area contributed by atoms with Gasteiger partial charge in [-0.15, -0.1) is 11.8 Å². The topological polar surface area (TPSA) is 75.1 Å². The third-order valence-corrected chi connectivity index (χ3v) is 8.60. The first kappa shape index (κ1) is 30.8. The molecule has 0 bridgehead atoms. The van der Waals surface area contributed by atoms with E-state index in [0.717, 1.165) is 20.4 Å². The Balaban J connectivity index is 2.47. The first-order chi connectivity index (χ1) is 16.4. The van der Waals surface area contributed by atoms with E-state index in [1.807, 2.05) is 38.1 Å². The standard InChI is InChI=1S/C26H41N3O2S3/c1-4-5-6-7-8-9-10-11-12-13-18-33-25(32)34-24(19-26(2,3)31-21-30)23-16-14-22(15-17-23)20-28-29-27/h14-17,21,24H,4-13,18-20H2,1-3H3. The summed E-state index contributed by atoms with van der Waals surface area (Å²) in [5.41, 5.74) is 10.0. The highest BCUT2D eigenvalue weighted by molar-refractivity contribution is 8.47. The number of hydrogen-bond donors (Lipinski definition) is 0. The molecule has 0 amide bonds. The lowest BCUT2D eigenvalue weighted by molar-refractivity contribution is -0.140. The van der Waals surface area contributed by atoms with Gasteiger partial charge in [0.25, 0.3) is 6.47 Å². The van der Waals surface area contributed by atoms with Crippen LogP contribution in [-0.2, 0) is 16.1 Å². The maximum atomic E-state index is 10.9. The summed E-state index contributed by atoms with van der Waals surface area (Å²) in [6.07, 6.45) is 14.0. The number of hydrogen-bond acceptors (Lipinski definition) is 6. The number of rotatable bonds is 19. The number of thiocarbonyl (C=S) groups is 1. The van der Waals surface area contributed by atoms with E-state index in [-0.39, 0.29) is 5.25 Å². The Morgan fingerprint density at radius 3 is 2.24 bits per heavy atom. The Hall–Kier alpha value is -1.21. The summed E-state index contributed by atoms with van der Waals surface area (Å²) >= 11 is 9.13. The lowest BCUT2D eigenvalue weighted by Gasteiger charge is -2.28. The van der Waals surface area contributed by atoms with Crippen molar-refractivity contribution in [3.05, 3.63) is 45.8 Å². The predicted octanol–water partition coefficient (Wildman–Crippen LogP) is 9.55. The third kappa shape index (κ3) is 14.9. The number of thioether (sulfide) groups is 2. The van der Waals surface area contributed by atoms with Crippen LogP contribution in [0.1, 0.15) is 108 Å². The second-order valence-corrected chi connectivity index (χ2v) is 12.7. The zero-order valence-electron chi connectivity index (χ0n) is 21.0. The lowest BCUT2D eigenvalue weighted by atomic mass is 9.97. The van der Waals surface area contributed by atoms with Crippen LogP contribution in [0.15, 0.2) is 29.4 Å². The molecule has 5 nitrogen and oxygen atoms in total. The number of unbranched alkanes of at least 4 members (excludes halogenated alkanes) is 9. The van der Waals surface area contributed by atoms with Gasteiger partial charge in [-0.3, -0.25) is 4.79 Å². The van der Waals surface area contributed by atoms with E-state index in [1.54, 1.807) is 23.5 Å². The van der Waals surface area contributed by atoms with Crippen LogP contribution in [0.4, 0.5) is 0 Å². The van der Waals surface area contributed by atoms with Gasteiger partial charge in [0.05, 0.1) is 6.54 Å². The van der Waals surface area contributed by atoms with Crippen molar-refractivity contribution in [2.75, 3.05) is 5.75 Å². The quantitative estimate of drug-likeness (QED) is 0.0450. The molecular formula is C26H41N3O2S3. The minimum absolute atomic E-state index is 0.0798. The largest absolute Gasteiger partial charge is 0.462 e. The molecule has 34 heavy (non-hydrogen) atoms. The van der Waals surface area contributed by atoms with Crippen LogP contribution in [0.2, 0.25) is 0 Å². The molecule has 0 aliphatic rings. The summed E-state index contributed by atoms with van der Waals surface area (Å²) in [6, 6.07) is 8.05. The van der Waals surface area contributed by atoms with Crippen molar-refractivity contribution in [3.63, 3.8) is 0 Å². The molecule has 190 valence electrons. The van der Waals surface area contributed by atoms with E-state index in [9.17, 15) is 4.79 Å². The van der Waals surface area contributed by atoms with Gasteiger partial charge in [0, 0.05) is 16.6 Å². The fourth-order valence-corrected chi connectivity index (χ4v) is 6.69. The summed E-state index contributed by atoms with van der Waals surface area (Å²) in [7, 11) is 0. The smallest absolute Gasteiger partial charge is 0.293 e. The number of carbonyl (C=O) groups excluding carboxylic acids is 1. The Morgan fingerprint density at radius 2 is 1.68 bits per heavy atom. The fraction of sp³-hybridized carbons (Fsp3) is 0.692. The van der Waals surface area contributed by atoms with Crippen LogP contribution >= 0.6 is 35.7 Å². The second kappa shape index (κ2) is 19.0. The molecular weight excluding hydrogens is 483 g/mol. The lowest BCUT2D eigenvalue weighted by Crippen LogP contribution is -2.26. The molecule has 0 N–H and O–H groups in total. The molecule has 0 radical (unpaired) electrons. The van der Waals surface area contributed by atoms with Gasteiger partial charge in [0.1, 0.15) is 9.13 Å². The van der Waals surface area contributed by atoms with Gasteiger partial charge in [0.2, 0.25) is 0 Å². The predicted molar refractivity (Wildman–Crippen MR) is 152 cm³/mol. The minimum atomic E-state index is -0.583. The first-order valence-corrected chi connectivity index (χ1v) is 14.7. The SMILES string of the molecule is CCCCCCCCCCCCSC(=S)SC(CC(C)(C)OC=O)c1ccc(CN=[N+]=[N-])cc1. The molecule has 0 heterocycles. The van der Waals surface area contributed by atoms with Crippen LogP contribution in [0.25, 0.3) is 10.4 Å². The van der Waals surface area contributed by atoms with Crippen molar-refractivity contribution in [1.29, 1.82) is 0 Å². The summed E-state index contributed by atoms with van der Waals surface area (Å²) in [6.45, 7) is 6.96. The van der Waals surface area contributed by atoms with E-state index in [2.05, 4.69) is 16.9 Å². The molecule has 1 atom stereocenters. The zero-order valence-corrected chi connectivity index (χ0v) is 23.5. The van der Waals surface area contributed by atoms with Crippen molar-refractivity contribution in [1.82, 2.24) is 0 Å². The monoisotopic (exact) mass is 523 g/mol. The van der Waals surface area contributed by atoms with Crippen molar-refractivity contribution in [2.45, 2.75) is 109 Å². The van der Waals surface area contributed by atoms with Crippen molar-refractivity contribution >= 4 is 45.7 Å². The van der Waals surface area contributed by atoms with Crippen LogP contribution in [0.3, 0.4) is 0 Å². The number of nitrogens with zero attached hydrogens (tertiary/aromatic N) is 3. The number of ether oxygens (including phenoxy) is 1. The van der Waals surface area contributed by atoms with E-state index < -0.39 is 5.60 Å². The zero-order chi connectivity index (χ0) is 25.1. The molecule has 1 rings (SSSR count). The molecule has 1 unspecified atom stereocenters. The van der Waals surface area contributed by atoms with E-state index in [1.165, 1.54) is 64.2 Å². The van der Waals surface area contributed by atoms with Gasteiger partial charge in [-0.25, -0.2) is 0 Å². The minimum Gasteiger partial charge on any atom is -0.462 e. The highest BCUT2D eigenvalue weighted by atomic mass is 32.2. The molecule has 0 spiro atoms. The third-order valence-electron chi connectivity index (χ3n) is 5.67. The van der Waals surface area contributed by atoms with Crippen LogP contribution in [0.5, 0.6) is 0 Å². The molecule has 0 fully saturated rings. The highest BCUT2D eigenvalue weighted by Crippen LogP contribution is 2.40. The maximum Gasteiger partial charge on any atom is 0.293 e. The summed E-state index contributed by atoms with van der Waals surface area (Å²) in [5, 5.41) is 3.70. The van der Waals surface area contributed by atoms with Crippen molar-refractivity contribution in [2.24, 2.45) is 5.11 Å². The Labute approximate surface area is 220 Å². The van der Waals surface area contributed by atoms with Crippen LogP contribution in [-0.4, -0.2) is 21.4 Å². The van der Waals surface area contributed by atoms with E-state index in [0.29, 0.717) is 19.4 Å². The molecule has 0 saturated carbocycles. The average Bonchev–Trinajstić information content (AvgIpc) is 2.81. The van der Waals surface area contributed by atoms with Crippen LogP contribution < -0.4 is 0 Å². The number of azide groups is 1. The molecule has 1 aromatic rings. The normalized spacial score (nSPS) is 12.1. The summed E-state index contributed by atoms with van der Waals surface area (Å²) < 4.78 is 6.24. The average molecular weight is 524 g/mol. The Kier molecular flexibility index (Phi) is 17.3. The van der Waals surface area contributed by atoms with Gasteiger partial charge in [-0.05, 0) is 42.7 Å². The summed E-state index contributed by atoms with van der Waals surface area (Å²) in [5.74, 6) is 1.05. The fourth-order valence-electron chi connectivity index (χ4n) is 3.70. The van der Waals surface area contributed by atoms with Crippen molar-refractivity contribution in [3.8, 4) is 0 Å². The Morgan fingerprint density at radius 1 is 1.09 bits per heavy atom. The van der Waals surface area contributed by atoms with Gasteiger partial charge < -0.3 is 4.74 Å². The van der Waals surface area contributed by atoms with Gasteiger partial charge in [-0.1, -0.05) is 118 Å². The summed E-state index contributed by atoms with van der Waals surface area (Å²) in [4.78, 5) is 13.8. The number of benzene rings is 1. The molecule has 0 aliphatic heterocycles. The molecule has 8 heteroatoms. The molecule has 1 aromatic carbocycles. The maximum absolute atomic E-state index is 10.9. The Bertz CT molecular complexity index is 750. The molecule has 0 saturated heterocycles. The first-order valence-electron chi connectivity index (χ1n) is 12.5. The second-order valence-electron chi connectivity index (χ2n) is 9.20. The van der Waals surface area contributed by atoms with Gasteiger partial charge in [-0.2, -0.15) is 0 Å². The van der Waals surface area contributed by atoms with Gasteiger partial charge in [0.15, 0.2) is 0 Å². The van der Waals surface area contributed by atoms with Crippen LogP contribution in [0, 0.1) is 0 Å². The number of carbonyl (C=O) groups is 1. The van der Waals surface area contributed by atoms with Crippen molar-refractivity contribution < 1.29 is 9.53 Å². The van der Waals surface area contributed by atoms with E-state index in [4.69, 9.17) is 22.5 Å². The molecule has 0 aliphatic carbocycles. The molecule has 0 aromatic heterocycles. The van der Waals surface area contributed by atoms with Gasteiger partial charge >= 0.3 is 0 Å². The highest BCUT2D eigenvalue weighted by Gasteiger charge is 2.27.